The molecule has 2 rings (SSSR count). The molecule has 1 heterocycles. The molecular formula is C15H18O3. The summed E-state index contributed by atoms with van der Waals surface area (Å²) in [6.07, 6.45) is 4.15. The molecule has 0 saturated carbocycles. The lowest BCUT2D eigenvalue weighted by molar-refractivity contribution is -0.146. The first-order valence-corrected chi connectivity index (χ1v) is 6.17. The molecule has 1 aromatic rings. The van der Waals surface area contributed by atoms with Gasteiger partial charge in [0.1, 0.15) is 11.4 Å². The van der Waals surface area contributed by atoms with Gasteiger partial charge in [-0.1, -0.05) is 24.3 Å². The van der Waals surface area contributed by atoms with Crippen LogP contribution in [0.4, 0.5) is 0 Å². The molecule has 0 radical (unpaired) electrons. The molecule has 18 heavy (non-hydrogen) atoms. The number of hydrogen-bond donors (Lipinski definition) is 0. The molecule has 96 valence electrons. The van der Waals surface area contributed by atoms with Crippen LogP contribution in [0, 0.1) is 6.92 Å². The zero-order chi connectivity index (χ0) is 13.2. The number of rotatable bonds is 3. The molecule has 1 aliphatic heterocycles. The second-order valence-electron chi connectivity index (χ2n) is 4.72. The van der Waals surface area contributed by atoms with Crippen molar-refractivity contribution in [3.05, 3.63) is 35.4 Å². The number of fused-ring (bicyclic) bond motifs is 1. The van der Waals surface area contributed by atoms with Crippen molar-refractivity contribution in [1.29, 1.82) is 0 Å². The molecule has 0 aliphatic carbocycles. The summed E-state index contributed by atoms with van der Waals surface area (Å²) in [5, 5.41) is 0. The lowest BCUT2D eigenvalue weighted by atomic mass is 9.96. The summed E-state index contributed by atoms with van der Waals surface area (Å²) in [4.78, 5) is 11.6. The van der Waals surface area contributed by atoms with Gasteiger partial charge >= 0.3 is 5.97 Å². The normalized spacial score (nSPS) is 21.1. The Labute approximate surface area is 107 Å². The summed E-state index contributed by atoms with van der Waals surface area (Å²) < 4.78 is 11.0. The third kappa shape index (κ3) is 2.55. The van der Waals surface area contributed by atoms with E-state index < -0.39 is 5.60 Å². The summed E-state index contributed by atoms with van der Waals surface area (Å²) in [6, 6.07) is 6.00. The van der Waals surface area contributed by atoms with Crippen LogP contribution in [-0.4, -0.2) is 18.2 Å². The number of aryl methyl sites for hydroxylation is 1. The molecule has 1 aliphatic rings. The minimum atomic E-state index is -0.620. The Morgan fingerprint density at radius 3 is 2.94 bits per heavy atom. The van der Waals surface area contributed by atoms with Crippen LogP contribution < -0.4 is 4.74 Å². The van der Waals surface area contributed by atoms with Crippen molar-refractivity contribution in [2.24, 2.45) is 0 Å². The Morgan fingerprint density at radius 2 is 2.22 bits per heavy atom. The van der Waals surface area contributed by atoms with Gasteiger partial charge in [0.15, 0.2) is 0 Å². The van der Waals surface area contributed by atoms with Crippen LogP contribution in [0.25, 0.3) is 6.08 Å². The number of carbonyl (C=O) groups is 1. The second kappa shape index (κ2) is 4.84. The first kappa shape index (κ1) is 12.7. The third-order valence-electron chi connectivity index (χ3n) is 2.99. The summed E-state index contributed by atoms with van der Waals surface area (Å²) in [7, 11) is 0. The van der Waals surface area contributed by atoms with Gasteiger partial charge in [-0.2, -0.15) is 0 Å². The van der Waals surface area contributed by atoms with E-state index >= 15 is 0 Å². The predicted octanol–water partition coefficient (Wildman–Crippen LogP) is 3.11. The molecule has 0 fully saturated rings. The van der Waals surface area contributed by atoms with E-state index in [4.69, 9.17) is 9.47 Å². The number of esters is 1. The number of ether oxygens (including phenoxy) is 2. The lowest BCUT2D eigenvalue weighted by Crippen LogP contribution is -2.35. The minimum absolute atomic E-state index is 0.227. The van der Waals surface area contributed by atoms with Crippen LogP contribution in [0.15, 0.2) is 24.3 Å². The van der Waals surface area contributed by atoms with E-state index in [9.17, 15) is 4.79 Å². The van der Waals surface area contributed by atoms with Gasteiger partial charge in [-0.15, -0.1) is 0 Å². The summed E-state index contributed by atoms with van der Waals surface area (Å²) in [5.74, 6) is 0.619. The van der Waals surface area contributed by atoms with Gasteiger partial charge in [0.2, 0.25) is 0 Å². The molecule has 0 aromatic heterocycles. The Kier molecular flexibility index (Phi) is 3.41. The van der Waals surface area contributed by atoms with Gasteiger partial charge in [0.25, 0.3) is 0 Å². The maximum atomic E-state index is 11.6. The third-order valence-corrected chi connectivity index (χ3v) is 2.99. The molecule has 0 N–H and O–H groups in total. The zero-order valence-corrected chi connectivity index (χ0v) is 11.0. The molecule has 1 aromatic carbocycles. The molecule has 3 heteroatoms. The fourth-order valence-electron chi connectivity index (χ4n) is 2.07. The van der Waals surface area contributed by atoms with Crippen molar-refractivity contribution in [2.45, 2.75) is 32.8 Å². The van der Waals surface area contributed by atoms with Crippen LogP contribution in [0.1, 0.15) is 31.4 Å². The highest BCUT2D eigenvalue weighted by Gasteiger charge is 2.31. The van der Waals surface area contributed by atoms with Crippen LogP contribution in [0.3, 0.4) is 0 Å². The summed E-state index contributed by atoms with van der Waals surface area (Å²) >= 11 is 0. The average molecular weight is 246 g/mol. The number of benzene rings is 1. The Hall–Kier alpha value is -1.77. The molecule has 1 unspecified atom stereocenters. The first-order chi connectivity index (χ1) is 8.54. The number of hydrogen-bond acceptors (Lipinski definition) is 3. The molecule has 0 bridgehead atoms. The summed E-state index contributed by atoms with van der Waals surface area (Å²) in [6.45, 7) is 6.10. The topological polar surface area (TPSA) is 35.5 Å². The minimum Gasteiger partial charge on any atom is -0.482 e. The van der Waals surface area contributed by atoms with E-state index in [1.807, 2.05) is 44.2 Å². The summed E-state index contributed by atoms with van der Waals surface area (Å²) in [5.41, 5.74) is 1.51. The van der Waals surface area contributed by atoms with Gasteiger partial charge in [-0.05, 0) is 32.4 Å². The van der Waals surface area contributed by atoms with E-state index in [0.717, 1.165) is 16.9 Å². The molecule has 1 atom stereocenters. The molecule has 0 amide bonds. The van der Waals surface area contributed by atoms with E-state index in [-0.39, 0.29) is 12.4 Å². The van der Waals surface area contributed by atoms with Crippen molar-refractivity contribution < 1.29 is 14.3 Å². The van der Waals surface area contributed by atoms with E-state index in [1.165, 1.54) is 0 Å². The van der Waals surface area contributed by atoms with Crippen molar-refractivity contribution in [2.75, 3.05) is 6.61 Å². The van der Waals surface area contributed by atoms with Gasteiger partial charge in [-0.25, -0.2) is 0 Å². The first-order valence-electron chi connectivity index (χ1n) is 6.17. The largest absolute Gasteiger partial charge is 0.482 e. The van der Waals surface area contributed by atoms with Crippen LogP contribution in [0.2, 0.25) is 0 Å². The van der Waals surface area contributed by atoms with E-state index in [2.05, 4.69) is 0 Å². The molecular weight excluding hydrogens is 228 g/mol. The van der Waals surface area contributed by atoms with Crippen molar-refractivity contribution in [3.8, 4) is 5.75 Å². The van der Waals surface area contributed by atoms with Gasteiger partial charge in [-0.3, -0.25) is 4.79 Å². The fourth-order valence-corrected chi connectivity index (χ4v) is 2.07. The smallest absolute Gasteiger partial charge is 0.310 e. The standard InChI is InChI=1S/C15H18O3/c1-4-17-13(16)10-15(3)9-8-12-7-5-6-11(2)14(12)18-15/h5-9H,4,10H2,1-3H3. The van der Waals surface area contributed by atoms with E-state index in [0.29, 0.717) is 6.61 Å². The fraction of sp³-hybridized carbons (Fsp3) is 0.400. The van der Waals surface area contributed by atoms with Gasteiger partial charge in [0.05, 0.1) is 13.0 Å². The van der Waals surface area contributed by atoms with Crippen LogP contribution >= 0.6 is 0 Å². The molecule has 0 spiro atoms. The van der Waals surface area contributed by atoms with Crippen molar-refractivity contribution in [3.63, 3.8) is 0 Å². The van der Waals surface area contributed by atoms with Gasteiger partial charge in [0, 0.05) is 5.56 Å². The number of para-hydroxylation sites is 1. The van der Waals surface area contributed by atoms with Crippen molar-refractivity contribution >= 4 is 12.0 Å². The SMILES string of the molecule is CCOC(=O)CC1(C)C=Cc2cccc(C)c2O1. The highest BCUT2D eigenvalue weighted by atomic mass is 16.5. The molecule has 3 nitrogen and oxygen atoms in total. The van der Waals surface area contributed by atoms with Gasteiger partial charge < -0.3 is 9.47 Å². The lowest BCUT2D eigenvalue weighted by Gasteiger charge is -2.31. The van der Waals surface area contributed by atoms with Crippen LogP contribution in [0.5, 0.6) is 5.75 Å². The Bertz CT molecular complexity index is 491. The average Bonchev–Trinajstić information content (AvgIpc) is 2.30. The molecule has 0 saturated heterocycles. The second-order valence-corrected chi connectivity index (χ2v) is 4.72. The highest BCUT2D eigenvalue weighted by molar-refractivity contribution is 5.73. The maximum absolute atomic E-state index is 11.6. The highest BCUT2D eigenvalue weighted by Crippen LogP contribution is 2.35. The van der Waals surface area contributed by atoms with E-state index in [1.54, 1.807) is 6.92 Å². The van der Waals surface area contributed by atoms with Crippen LogP contribution in [-0.2, 0) is 9.53 Å². The van der Waals surface area contributed by atoms with Crippen molar-refractivity contribution in [1.82, 2.24) is 0 Å². The zero-order valence-electron chi connectivity index (χ0n) is 11.0. The monoisotopic (exact) mass is 246 g/mol. The Balaban J connectivity index is 2.20. The Morgan fingerprint density at radius 1 is 1.44 bits per heavy atom. The predicted molar refractivity (Wildman–Crippen MR) is 70.5 cm³/mol. The maximum Gasteiger partial charge on any atom is 0.310 e. The number of carbonyl (C=O) groups excluding carboxylic acids is 1. The quantitative estimate of drug-likeness (QED) is 0.769.